The normalized spacial score (nSPS) is 17.5. The minimum Gasteiger partial charge on any atom is -0.393 e. The Morgan fingerprint density at radius 1 is 0.586 bits per heavy atom. The molecule has 6 N–H and O–H groups in total. The molecule has 10 heterocycles. The number of hydrogen-bond acceptors (Lipinski definition) is 21. The third kappa shape index (κ3) is 10.9. The highest BCUT2D eigenvalue weighted by atomic mass is 16.5. The molecular weight excluding hydrogens is 897 g/mol. The van der Waals surface area contributed by atoms with Crippen molar-refractivity contribution in [3.8, 4) is 22.8 Å². The van der Waals surface area contributed by atoms with E-state index in [0.717, 1.165) is 104 Å². The number of amides is 1. The van der Waals surface area contributed by atoms with E-state index >= 15 is 0 Å². The maximum Gasteiger partial charge on any atom is 0.225 e. The Hall–Kier alpha value is -6.63. The zero-order chi connectivity index (χ0) is 48.9. The molecular formula is C46H66N20O4. The van der Waals surface area contributed by atoms with Gasteiger partial charge in [0.05, 0.1) is 50.1 Å². The number of nitrogens with zero attached hydrogens (tertiary/aromatic N) is 17. The van der Waals surface area contributed by atoms with Crippen molar-refractivity contribution in [3.63, 3.8) is 0 Å². The average molecular weight is 963 g/mol. The van der Waals surface area contributed by atoms with E-state index < -0.39 is 6.10 Å². The molecule has 0 spiro atoms. The Morgan fingerprint density at radius 3 is 1.40 bits per heavy atom. The number of anilines is 6. The highest BCUT2D eigenvalue weighted by Gasteiger charge is 2.30. The summed E-state index contributed by atoms with van der Waals surface area (Å²) in [5.41, 5.74) is 16.0. The van der Waals surface area contributed by atoms with Crippen molar-refractivity contribution in [1.29, 1.82) is 0 Å². The number of nitrogens with one attached hydrogen (secondary N) is 1. The van der Waals surface area contributed by atoms with Crippen molar-refractivity contribution in [2.45, 2.75) is 60.2 Å². The Labute approximate surface area is 406 Å². The third-order valence-corrected chi connectivity index (χ3v) is 12.5. The van der Waals surface area contributed by atoms with Crippen LogP contribution in [0.1, 0.15) is 41.0 Å². The fraction of sp³-hybridized carbons (Fsp3) is 0.587. The van der Waals surface area contributed by atoms with Crippen LogP contribution in [0.4, 0.5) is 35.4 Å². The number of aliphatic hydroxyl groups is 1. The van der Waals surface area contributed by atoms with E-state index in [1.807, 2.05) is 4.90 Å². The van der Waals surface area contributed by atoms with Gasteiger partial charge in [-0.1, -0.05) is 27.7 Å². The van der Waals surface area contributed by atoms with Gasteiger partial charge in [0.15, 0.2) is 45.6 Å². The van der Waals surface area contributed by atoms with Gasteiger partial charge in [-0.25, -0.2) is 49.8 Å². The first-order valence-electron chi connectivity index (χ1n) is 24.4. The number of imidazole rings is 2. The molecule has 374 valence electrons. The predicted octanol–water partition coefficient (Wildman–Crippen LogP) is 1.55. The summed E-state index contributed by atoms with van der Waals surface area (Å²) in [6.07, 6.45) is 6.12. The molecule has 0 unspecified atom stereocenters. The molecule has 4 fully saturated rings. The zero-order valence-corrected chi connectivity index (χ0v) is 40.9. The van der Waals surface area contributed by atoms with Gasteiger partial charge in [0.2, 0.25) is 29.7 Å². The lowest BCUT2D eigenvalue weighted by molar-refractivity contribution is -0.133. The number of nitrogen functional groups attached to an aromatic ring is 2. The van der Waals surface area contributed by atoms with Crippen molar-refractivity contribution in [2.24, 2.45) is 11.8 Å². The molecule has 4 aliphatic rings. The minimum atomic E-state index is -0.645. The van der Waals surface area contributed by atoms with Crippen molar-refractivity contribution in [1.82, 2.24) is 69.2 Å². The maximum atomic E-state index is 12.5. The van der Waals surface area contributed by atoms with Crippen LogP contribution in [0.15, 0.2) is 24.8 Å². The number of fused-ring (bicyclic) bond motifs is 2. The van der Waals surface area contributed by atoms with Gasteiger partial charge in [-0.05, 0) is 18.8 Å². The molecule has 0 bridgehead atoms. The smallest absolute Gasteiger partial charge is 0.225 e. The summed E-state index contributed by atoms with van der Waals surface area (Å²) in [4.78, 5) is 69.9. The van der Waals surface area contributed by atoms with Crippen LogP contribution in [0.2, 0.25) is 0 Å². The number of aromatic nitrogens is 12. The van der Waals surface area contributed by atoms with Crippen LogP contribution in [-0.2, 0) is 27.4 Å². The molecule has 4 saturated heterocycles. The molecule has 0 radical (unpaired) electrons. The number of carbonyl (C=O) groups is 1. The maximum absolute atomic E-state index is 12.5. The van der Waals surface area contributed by atoms with Crippen LogP contribution < -0.4 is 36.4 Å². The molecule has 70 heavy (non-hydrogen) atoms. The number of aliphatic hydroxyl groups excluding tert-OH is 1. The van der Waals surface area contributed by atoms with Gasteiger partial charge in [-0.15, -0.1) is 0 Å². The predicted molar refractivity (Wildman–Crippen MR) is 267 cm³/mol. The van der Waals surface area contributed by atoms with Gasteiger partial charge >= 0.3 is 0 Å². The van der Waals surface area contributed by atoms with Crippen molar-refractivity contribution in [3.05, 3.63) is 24.8 Å². The fourth-order valence-electron chi connectivity index (χ4n) is 9.06. The number of rotatable bonds is 12. The number of carbonyl (C=O) groups excluding carboxylic acids is 1. The van der Waals surface area contributed by atoms with E-state index in [1.165, 1.54) is 0 Å². The van der Waals surface area contributed by atoms with E-state index in [0.29, 0.717) is 94.7 Å². The summed E-state index contributed by atoms with van der Waals surface area (Å²) in [6.45, 7) is 23.7. The summed E-state index contributed by atoms with van der Waals surface area (Å²) in [7, 11) is 0. The van der Waals surface area contributed by atoms with Crippen LogP contribution in [0, 0.1) is 11.8 Å². The minimum absolute atomic E-state index is 0.0221. The van der Waals surface area contributed by atoms with E-state index in [1.54, 1.807) is 31.7 Å². The molecule has 1 amide bonds. The second-order valence-electron chi connectivity index (χ2n) is 18.9. The van der Waals surface area contributed by atoms with Crippen LogP contribution in [-0.4, -0.2) is 186 Å². The van der Waals surface area contributed by atoms with E-state index in [4.69, 9.17) is 50.8 Å². The summed E-state index contributed by atoms with van der Waals surface area (Å²) >= 11 is 0. The first-order valence-corrected chi connectivity index (χ1v) is 24.4. The van der Waals surface area contributed by atoms with Gasteiger partial charge in [0.1, 0.15) is 0 Å². The Balaban J connectivity index is 0.000000176. The third-order valence-electron chi connectivity index (χ3n) is 12.5. The second kappa shape index (κ2) is 21.6. The lowest BCUT2D eigenvalue weighted by Gasteiger charge is -2.35. The topological polar surface area (TPSA) is 275 Å². The van der Waals surface area contributed by atoms with Gasteiger partial charge in [-0.3, -0.25) is 13.9 Å². The van der Waals surface area contributed by atoms with Gasteiger partial charge in [0.25, 0.3) is 0 Å². The van der Waals surface area contributed by atoms with Gasteiger partial charge in [-0.2, -0.15) is 0 Å². The lowest BCUT2D eigenvalue weighted by atomic mass is 10.2. The largest absolute Gasteiger partial charge is 0.393 e. The highest BCUT2D eigenvalue weighted by Crippen LogP contribution is 2.34. The molecule has 0 aromatic carbocycles. The molecule has 24 heteroatoms. The summed E-state index contributed by atoms with van der Waals surface area (Å²) in [6, 6.07) is 0. The Morgan fingerprint density at radius 2 is 1.00 bits per heavy atom. The molecule has 1 atom stereocenters. The Kier molecular flexibility index (Phi) is 14.9. The van der Waals surface area contributed by atoms with E-state index in [9.17, 15) is 9.90 Å². The van der Waals surface area contributed by atoms with Crippen molar-refractivity contribution >= 4 is 63.7 Å². The molecule has 0 aliphatic carbocycles. The molecule has 24 nitrogen and oxygen atoms in total. The second-order valence-corrected chi connectivity index (χ2v) is 18.9. The van der Waals surface area contributed by atoms with Crippen LogP contribution in [0.3, 0.4) is 0 Å². The molecule has 0 saturated carbocycles. The summed E-state index contributed by atoms with van der Waals surface area (Å²) < 4.78 is 15.6. The quantitative estimate of drug-likeness (QED) is 0.135. The first kappa shape index (κ1) is 48.4. The number of piperazine rings is 2. The number of nitrogens with two attached hydrogens (primary N) is 2. The summed E-state index contributed by atoms with van der Waals surface area (Å²) in [5, 5.41) is 13.0. The van der Waals surface area contributed by atoms with E-state index in [-0.39, 0.29) is 24.2 Å². The van der Waals surface area contributed by atoms with Crippen LogP contribution in [0.25, 0.3) is 45.1 Å². The zero-order valence-electron chi connectivity index (χ0n) is 40.9. The Bertz CT molecular complexity index is 2700. The standard InChI is InChI=1S/C25H36N10O3.C21H30N10O/c1-16(2)15-35-23-20(29-25(35)34-6-4-32(5-7-34)19(37)12-17(3)36)22(33-8-10-38-11-9-33)30-21(31-23)18-13-27-24(26)28-14-18;1-14(2)13-31-19-16(26-21(31)30-5-3-23-4-6-30)18(29-7-9-32-10-8-29)27-17(28-19)15-11-24-20(22)25-12-15/h13-14,16-17,36H,4-12,15H2,1-3H3,(H2,26,27,28);11-12,14,23H,3-10,13H2,1-2H3,(H2,22,24,25)/t17-;/m0./s1. The van der Waals surface area contributed by atoms with Crippen molar-refractivity contribution in [2.75, 3.05) is 136 Å². The van der Waals surface area contributed by atoms with Crippen LogP contribution in [0.5, 0.6) is 0 Å². The summed E-state index contributed by atoms with van der Waals surface area (Å²) in [5.74, 6) is 5.69. The highest BCUT2D eigenvalue weighted by molar-refractivity contribution is 5.89. The molecule has 4 aliphatic heterocycles. The fourth-order valence-corrected chi connectivity index (χ4v) is 9.06. The average Bonchev–Trinajstić information content (AvgIpc) is 3.92. The molecule has 6 aromatic rings. The van der Waals surface area contributed by atoms with E-state index in [2.05, 4.69) is 81.7 Å². The lowest BCUT2D eigenvalue weighted by Crippen LogP contribution is -2.50. The van der Waals surface area contributed by atoms with Crippen LogP contribution >= 0.6 is 0 Å². The molecule has 6 aromatic heterocycles. The number of hydrogen-bond donors (Lipinski definition) is 4. The monoisotopic (exact) mass is 963 g/mol. The number of morpholine rings is 2. The molecule has 10 rings (SSSR count). The number of ether oxygens (including phenoxy) is 2. The van der Waals surface area contributed by atoms with Crippen molar-refractivity contribution < 1.29 is 19.4 Å². The van der Waals surface area contributed by atoms with Gasteiger partial charge in [0, 0.05) is 116 Å². The SMILES string of the molecule is CC(C)Cn1c(N2CCN(C(=O)C[C@H](C)O)CC2)nc2c(N3CCOCC3)nc(-c3cnc(N)nc3)nc21.CC(C)Cn1c(N2CCNCC2)nc2c(N3CCOCC3)nc(-c3cnc(N)nc3)nc21. The van der Waals surface area contributed by atoms with Gasteiger partial charge < -0.3 is 55.9 Å². The first-order chi connectivity index (χ1) is 33.9.